The lowest BCUT2D eigenvalue weighted by molar-refractivity contribution is -0.121. The van der Waals surface area contributed by atoms with Crippen LogP contribution in [0.3, 0.4) is 0 Å². The zero-order valence-electron chi connectivity index (χ0n) is 48.8. The van der Waals surface area contributed by atoms with Crippen LogP contribution in [0.5, 0.6) is 0 Å². The van der Waals surface area contributed by atoms with Gasteiger partial charge in [0.05, 0.1) is 0 Å². The monoisotopic (exact) mass is 1050 g/mol. The van der Waals surface area contributed by atoms with Crippen molar-refractivity contribution in [1.29, 1.82) is 0 Å². The molecular weight excluding hydrogens is 945 g/mol. The van der Waals surface area contributed by atoms with E-state index in [9.17, 15) is 9.59 Å². The first kappa shape index (κ1) is 62.1. The maximum absolute atomic E-state index is 13.5. The summed E-state index contributed by atoms with van der Waals surface area (Å²) in [6, 6.07) is 0. The summed E-state index contributed by atoms with van der Waals surface area (Å²) >= 11 is 0. The Morgan fingerprint density at radius 2 is 0.658 bits per heavy atom. The van der Waals surface area contributed by atoms with E-state index in [1.165, 1.54) is 73.6 Å². The predicted molar refractivity (Wildman–Crippen MR) is 320 cm³/mol. The zero-order valence-corrected chi connectivity index (χ0v) is 48.8. The van der Waals surface area contributed by atoms with E-state index in [2.05, 4.69) is 142 Å². The second kappa shape index (κ2) is 35.7. The molecule has 1 aliphatic heterocycles. The first-order valence-corrected chi connectivity index (χ1v) is 30.1. The molecule has 0 atom stereocenters. The summed E-state index contributed by atoms with van der Waals surface area (Å²) < 4.78 is 0. The van der Waals surface area contributed by atoms with Crippen molar-refractivity contribution in [2.45, 2.75) is 171 Å². The topological polar surface area (TPSA) is 194 Å². The minimum Gasteiger partial charge on any atom is -0.356 e. The number of unbranched alkanes of at least 4 members (excludes halogenated alkanes) is 6. The van der Waals surface area contributed by atoms with Gasteiger partial charge in [0.25, 0.3) is 0 Å². The molecule has 4 aromatic heterocycles. The van der Waals surface area contributed by atoms with Gasteiger partial charge in [-0.1, -0.05) is 27.7 Å². The fourth-order valence-corrected chi connectivity index (χ4v) is 10.6. The van der Waals surface area contributed by atoms with Crippen molar-refractivity contribution >= 4 is 36.1 Å². The lowest BCUT2D eigenvalue weighted by atomic mass is 10.0. The highest BCUT2D eigenvalue weighted by Gasteiger charge is 2.18. The fourth-order valence-electron chi connectivity index (χ4n) is 10.6. The molecule has 0 unspecified atom stereocenters. The van der Waals surface area contributed by atoms with Gasteiger partial charge in [0.1, 0.15) is 0 Å². The van der Waals surface area contributed by atoms with Crippen LogP contribution in [0.25, 0.3) is 24.3 Å². The summed E-state index contributed by atoms with van der Waals surface area (Å²) in [5.41, 5.74) is 13.9. The molecule has 2 amide bonds. The number of H-pyrrole nitrogens is 4. The molecule has 0 aromatic carbocycles. The quantitative estimate of drug-likeness (QED) is 0.0231. The van der Waals surface area contributed by atoms with E-state index in [0.29, 0.717) is 38.8 Å². The molecule has 8 bridgehead atoms. The molecule has 14 nitrogen and oxygen atoms in total. The first-order chi connectivity index (χ1) is 37.1. The van der Waals surface area contributed by atoms with Crippen molar-refractivity contribution in [3.63, 3.8) is 0 Å². The van der Waals surface area contributed by atoms with Crippen LogP contribution >= 0.6 is 0 Å². The van der Waals surface area contributed by atoms with Gasteiger partial charge in [0.15, 0.2) is 0 Å². The Labute approximate surface area is 457 Å². The van der Waals surface area contributed by atoms with Gasteiger partial charge in [-0.3, -0.25) is 9.59 Å². The average molecular weight is 1050 g/mol. The van der Waals surface area contributed by atoms with Crippen LogP contribution < -0.4 is 63.9 Å². The second-order valence-electron chi connectivity index (χ2n) is 21.2. The summed E-state index contributed by atoms with van der Waals surface area (Å²) in [5.74, 6) is 0.156. The number of hydrogen-bond donors (Lipinski definition) is 12. The smallest absolute Gasteiger partial charge is 0.220 e. The SMILES string of the molecule is CCNCCCCNCCCCNCCCCNC(=O)CCc1c2[nH]c(c1C)C=c1[nH]c(c(C)c1CC)=Cc1[nH]c(c(C)c1CC)C=c1[nH]c(c(CCC(=O)NCCCCNCCCCNCCCCNCC)c1C)=C2. The highest BCUT2D eigenvalue weighted by Crippen LogP contribution is 2.24. The van der Waals surface area contributed by atoms with Crippen LogP contribution in [-0.2, 0) is 35.3 Å². The average Bonchev–Trinajstić information content (AvgIpc) is 4.10. The van der Waals surface area contributed by atoms with Crippen LogP contribution in [0.15, 0.2) is 0 Å². The number of fused-ring (bicyclic) bond motifs is 8. The maximum Gasteiger partial charge on any atom is 0.220 e. The van der Waals surface area contributed by atoms with Crippen LogP contribution in [-0.4, -0.2) is 123 Å². The largest absolute Gasteiger partial charge is 0.356 e. The molecule has 5 heterocycles. The Morgan fingerprint density at radius 3 is 1.08 bits per heavy atom. The van der Waals surface area contributed by atoms with Gasteiger partial charge in [-0.25, -0.2) is 0 Å². The number of hydrogen-bond acceptors (Lipinski definition) is 8. The van der Waals surface area contributed by atoms with E-state index in [4.69, 9.17) is 0 Å². The number of carbonyl (C=O) groups excluding carboxylic acids is 2. The molecule has 424 valence electrons. The van der Waals surface area contributed by atoms with Gasteiger partial charge < -0.3 is 62.5 Å². The molecule has 5 rings (SSSR count). The fraction of sp³-hybridized carbons (Fsp3) is 0.645. The third-order valence-electron chi connectivity index (χ3n) is 15.4. The minimum atomic E-state index is 0.0777. The molecule has 0 fully saturated rings. The van der Waals surface area contributed by atoms with E-state index in [0.717, 1.165) is 183 Å². The van der Waals surface area contributed by atoms with Crippen molar-refractivity contribution in [3.05, 3.63) is 88.7 Å². The number of rotatable bonds is 40. The highest BCUT2D eigenvalue weighted by molar-refractivity contribution is 5.77. The molecular formula is C62H104N12O2. The molecule has 4 aromatic rings. The van der Waals surface area contributed by atoms with Crippen molar-refractivity contribution in [2.75, 3.05) is 91.6 Å². The third kappa shape index (κ3) is 20.6. The van der Waals surface area contributed by atoms with Gasteiger partial charge in [-0.05, 0) is 278 Å². The van der Waals surface area contributed by atoms with E-state index >= 15 is 0 Å². The lowest BCUT2D eigenvalue weighted by Gasteiger charge is -2.08. The van der Waals surface area contributed by atoms with Gasteiger partial charge in [0, 0.05) is 70.1 Å². The zero-order chi connectivity index (χ0) is 54.3. The van der Waals surface area contributed by atoms with E-state index in [-0.39, 0.29) is 11.8 Å². The summed E-state index contributed by atoms with van der Waals surface area (Å²) in [7, 11) is 0. The normalized spacial score (nSPS) is 12.1. The van der Waals surface area contributed by atoms with Crippen LogP contribution in [0.2, 0.25) is 0 Å². The minimum absolute atomic E-state index is 0.0777. The van der Waals surface area contributed by atoms with E-state index in [1.807, 2.05) is 0 Å². The Kier molecular flexibility index (Phi) is 29.2. The van der Waals surface area contributed by atoms with E-state index < -0.39 is 0 Å². The first-order valence-electron chi connectivity index (χ1n) is 30.1. The highest BCUT2D eigenvalue weighted by atomic mass is 16.2. The number of aromatic amines is 4. The third-order valence-corrected chi connectivity index (χ3v) is 15.4. The van der Waals surface area contributed by atoms with Gasteiger partial charge in [-0.2, -0.15) is 0 Å². The number of amides is 2. The van der Waals surface area contributed by atoms with Crippen LogP contribution in [0.1, 0.15) is 185 Å². The summed E-state index contributed by atoms with van der Waals surface area (Å²) in [4.78, 5) is 42.2. The second-order valence-corrected chi connectivity index (χ2v) is 21.2. The predicted octanol–water partition coefficient (Wildman–Crippen LogP) is 5.34. The molecule has 0 spiro atoms. The molecule has 76 heavy (non-hydrogen) atoms. The Hall–Kier alpha value is -4.70. The number of carbonyl (C=O) groups is 2. The summed E-state index contributed by atoms with van der Waals surface area (Å²) in [6.45, 7) is 31.6. The Morgan fingerprint density at radius 1 is 0.342 bits per heavy atom. The van der Waals surface area contributed by atoms with Crippen molar-refractivity contribution in [2.24, 2.45) is 0 Å². The molecule has 0 saturated heterocycles. The van der Waals surface area contributed by atoms with Crippen molar-refractivity contribution < 1.29 is 9.59 Å². The maximum atomic E-state index is 13.5. The number of aromatic nitrogens is 4. The number of nitrogens with one attached hydrogen (secondary N) is 12. The van der Waals surface area contributed by atoms with Gasteiger partial charge in [-0.15, -0.1) is 0 Å². The molecule has 0 radical (unpaired) electrons. The van der Waals surface area contributed by atoms with Crippen molar-refractivity contribution in [1.82, 2.24) is 62.5 Å². The standard InChI is InChI=1S/C62H104N12O2/c1-9-49-45(5)53-41-54-47(7)51(25-27-61(75)69-39-23-21-37-67-35-19-17-33-65-31-15-13-29-63-11-3)59(73-54)44-60-52(48(8)56(74-60)43-58-50(10-2)46(6)55(72-58)42-57(49)71-53)26-28-62(76)70-40-24-22-38-68-36-20-18-34-66-32-16-14-30-64-12-4/h41-44,63-68,71-74H,9-40H2,1-8H3,(H,69,75)(H,70,76). The van der Waals surface area contributed by atoms with Gasteiger partial charge >= 0.3 is 0 Å². The molecule has 1 aliphatic rings. The van der Waals surface area contributed by atoms with Crippen LogP contribution in [0.4, 0.5) is 0 Å². The lowest BCUT2D eigenvalue weighted by Crippen LogP contribution is -2.26. The van der Waals surface area contributed by atoms with Gasteiger partial charge in [0.2, 0.25) is 11.8 Å². The molecule has 14 heteroatoms. The summed E-state index contributed by atoms with van der Waals surface area (Å²) in [6.07, 6.45) is 26.4. The summed E-state index contributed by atoms with van der Waals surface area (Å²) in [5, 5.41) is 31.7. The van der Waals surface area contributed by atoms with Crippen molar-refractivity contribution in [3.8, 4) is 0 Å². The molecule has 12 N–H and O–H groups in total. The Bertz CT molecular complexity index is 2580. The molecule has 0 aliphatic carbocycles. The van der Waals surface area contributed by atoms with Crippen LogP contribution in [0, 0.1) is 27.7 Å². The Balaban J connectivity index is 1.22. The van der Waals surface area contributed by atoms with E-state index in [1.54, 1.807) is 0 Å². The molecule has 0 saturated carbocycles.